The van der Waals surface area contributed by atoms with Crippen molar-refractivity contribution in [1.29, 1.82) is 0 Å². The summed E-state index contributed by atoms with van der Waals surface area (Å²) in [6, 6.07) is 18.8. The molecule has 0 spiro atoms. The van der Waals surface area contributed by atoms with Crippen LogP contribution in [0.5, 0.6) is 5.75 Å². The maximum atomic E-state index is 14.0. The molecule has 2 atom stereocenters. The average Bonchev–Trinajstić information content (AvgIpc) is 3.61. The van der Waals surface area contributed by atoms with E-state index in [0.29, 0.717) is 62.0 Å². The van der Waals surface area contributed by atoms with Crippen LogP contribution in [0.4, 0.5) is 18.9 Å². The number of phenolic OH excluding ortho intramolecular Hbond substituents is 1. The number of nitrogens with one attached hydrogen (secondary N) is 1. The minimum Gasteiger partial charge on any atom is -0.508 e. The molecule has 6 rings (SSSR count). The molecule has 1 amide bonds. The zero-order chi connectivity index (χ0) is 29.4. The summed E-state index contributed by atoms with van der Waals surface area (Å²) in [7, 11) is 0. The number of amides is 1. The van der Waals surface area contributed by atoms with Gasteiger partial charge in [0.1, 0.15) is 5.75 Å². The molecule has 10 heteroatoms. The second-order valence-electron chi connectivity index (χ2n) is 11.5. The van der Waals surface area contributed by atoms with E-state index >= 15 is 0 Å². The van der Waals surface area contributed by atoms with Gasteiger partial charge in [0.05, 0.1) is 11.6 Å². The van der Waals surface area contributed by atoms with Crippen molar-refractivity contribution >= 4 is 23.2 Å². The number of hydrogen-bond donors (Lipinski definition) is 2. The normalized spacial score (nSPS) is 21.6. The van der Waals surface area contributed by atoms with Gasteiger partial charge in [0, 0.05) is 67.6 Å². The second kappa shape index (κ2) is 11.8. The van der Waals surface area contributed by atoms with Crippen LogP contribution in [-0.4, -0.2) is 71.7 Å². The summed E-state index contributed by atoms with van der Waals surface area (Å²) in [6.45, 7) is 3.01. The van der Waals surface area contributed by atoms with Crippen LogP contribution in [0.25, 0.3) is 0 Å². The molecule has 42 heavy (non-hydrogen) atoms. The third kappa shape index (κ3) is 6.09. The Hall–Kier alpha value is -3.27. The number of benzene rings is 3. The maximum Gasteiger partial charge on any atom is 0.416 e. The Morgan fingerprint density at radius 2 is 1.67 bits per heavy atom. The lowest BCUT2D eigenvalue weighted by molar-refractivity contribution is -0.137. The number of halogens is 4. The Bertz CT molecular complexity index is 1420. The lowest BCUT2D eigenvalue weighted by atomic mass is 10.1. The first-order valence-electron chi connectivity index (χ1n) is 14.4. The van der Waals surface area contributed by atoms with Gasteiger partial charge in [-0.25, -0.2) is 0 Å². The van der Waals surface area contributed by atoms with Crippen LogP contribution in [0, 0.1) is 0 Å². The van der Waals surface area contributed by atoms with Gasteiger partial charge in [0.15, 0.2) is 0 Å². The zero-order valence-electron chi connectivity index (χ0n) is 23.2. The van der Waals surface area contributed by atoms with Crippen LogP contribution < -0.4 is 10.2 Å². The first-order chi connectivity index (χ1) is 20.2. The van der Waals surface area contributed by atoms with Gasteiger partial charge < -0.3 is 20.2 Å². The number of alkyl halides is 3. The van der Waals surface area contributed by atoms with Crippen molar-refractivity contribution in [3.05, 3.63) is 94.0 Å². The molecule has 222 valence electrons. The van der Waals surface area contributed by atoms with Crippen LogP contribution in [0.1, 0.15) is 28.7 Å². The minimum absolute atomic E-state index is 0.0486. The maximum absolute atomic E-state index is 14.0. The van der Waals surface area contributed by atoms with Crippen molar-refractivity contribution in [2.45, 2.75) is 50.1 Å². The molecule has 0 bridgehead atoms. The molecular formula is C32H34ClF3N4O2. The summed E-state index contributed by atoms with van der Waals surface area (Å²) in [6.07, 6.45) is -1.97. The highest BCUT2D eigenvalue weighted by Gasteiger charge is 2.43. The highest BCUT2D eigenvalue weighted by molar-refractivity contribution is 6.30. The number of carbonyl (C=O) groups excluding carboxylic acids is 1. The summed E-state index contributed by atoms with van der Waals surface area (Å²) >= 11 is 6.14. The molecule has 0 radical (unpaired) electrons. The van der Waals surface area contributed by atoms with Gasteiger partial charge >= 0.3 is 6.18 Å². The summed E-state index contributed by atoms with van der Waals surface area (Å²) in [5.41, 5.74) is 3.22. The summed E-state index contributed by atoms with van der Waals surface area (Å²) in [5.74, 6) is 0.254. The van der Waals surface area contributed by atoms with Crippen LogP contribution >= 0.6 is 11.6 Å². The molecular weight excluding hydrogens is 565 g/mol. The third-order valence-corrected chi connectivity index (χ3v) is 9.11. The van der Waals surface area contributed by atoms with E-state index in [-0.39, 0.29) is 29.8 Å². The molecule has 2 saturated heterocycles. The topological polar surface area (TPSA) is 59.1 Å². The van der Waals surface area contributed by atoms with E-state index in [1.54, 1.807) is 24.3 Å². The minimum atomic E-state index is -4.39. The lowest BCUT2D eigenvalue weighted by Crippen LogP contribution is -2.55. The Labute approximate surface area is 248 Å². The van der Waals surface area contributed by atoms with Crippen molar-refractivity contribution in [1.82, 2.24) is 15.1 Å². The Morgan fingerprint density at radius 1 is 0.952 bits per heavy atom. The predicted molar refractivity (Wildman–Crippen MR) is 157 cm³/mol. The van der Waals surface area contributed by atoms with Crippen molar-refractivity contribution < 1.29 is 23.1 Å². The Balaban J connectivity index is 1.14. The highest BCUT2D eigenvalue weighted by Crippen LogP contribution is 2.34. The monoisotopic (exact) mass is 598 g/mol. The van der Waals surface area contributed by atoms with Crippen LogP contribution in [0.3, 0.4) is 0 Å². The fourth-order valence-corrected chi connectivity index (χ4v) is 6.84. The molecule has 3 aromatic carbocycles. The van der Waals surface area contributed by atoms with Crippen LogP contribution in [0.2, 0.25) is 5.02 Å². The van der Waals surface area contributed by atoms with E-state index < -0.39 is 11.7 Å². The average molecular weight is 599 g/mol. The van der Waals surface area contributed by atoms with Gasteiger partial charge in [0.25, 0.3) is 0 Å². The highest BCUT2D eigenvalue weighted by atomic mass is 35.5. The van der Waals surface area contributed by atoms with Crippen molar-refractivity contribution in [3.63, 3.8) is 0 Å². The number of anilines is 1. The number of likely N-dealkylation sites (tertiary alicyclic amines) is 1. The summed E-state index contributed by atoms with van der Waals surface area (Å²) < 4.78 is 39.7. The van der Waals surface area contributed by atoms with E-state index in [1.807, 2.05) is 9.80 Å². The third-order valence-electron chi connectivity index (χ3n) is 8.88. The molecule has 3 aromatic rings. The zero-order valence-corrected chi connectivity index (χ0v) is 23.9. The fourth-order valence-electron chi connectivity index (χ4n) is 6.65. The molecule has 2 fully saturated rings. The number of hydrogen-bond acceptors (Lipinski definition) is 5. The van der Waals surface area contributed by atoms with Crippen LogP contribution in [-0.2, 0) is 30.4 Å². The van der Waals surface area contributed by atoms with Gasteiger partial charge in [0.2, 0.25) is 5.91 Å². The molecule has 2 N–H and O–H groups in total. The Kier molecular flexibility index (Phi) is 8.09. The quantitative estimate of drug-likeness (QED) is 0.413. The number of phenols is 1. The molecule has 0 saturated carbocycles. The summed E-state index contributed by atoms with van der Waals surface area (Å²) in [5, 5.41) is 14.4. The summed E-state index contributed by atoms with van der Waals surface area (Å²) in [4.78, 5) is 20.2. The lowest BCUT2D eigenvalue weighted by Gasteiger charge is -2.39. The molecule has 2 heterocycles. The van der Waals surface area contributed by atoms with E-state index in [2.05, 4.69) is 34.5 Å². The van der Waals surface area contributed by atoms with Gasteiger partial charge in [-0.3, -0.25) is 9.69 Å². The van der Waals surface area contributed by atoms with Gasteiger partial charge in [-0.05, 0) is 66.8 Å². The van der Waals surface area contributed by atoms with E-state index in [4.69, 9.17) is 11.6 Å². The first kappa shape index (κ1) is 28.8. The van der Waals surface area contributed by atoms with Gasteiger partial charge in [-0.1, -0.05) is 41.9 Å². The number of rotatable bonds is 6. The second-order valence-corrected chi connectivity index (χ2v) is 11.9. The molecule has 0 unspecified atom stereocenters. The predicted octanol–water partition coefficient (Wildman–Crippen LogP) is 5.11. The van der Waals surface area contributed by atoms with Crippen molar-refractivity contribution in [2.75, 3.05) is 37.6 Å². The number of nitrogens with zero attached hydrogens (tertiary/aromatic N) is 3. The van der Waals surface area contributed by atoms with E-state index in [9.17, 15) is 23.1 Å². The Morgan fingerprint density at radius 3 is 2.36 bits per heavy atom. The number of fused-ring (bicyclic) bond motifs is 1. The van der Waals surface area contributed by atoms with E-state index in [1.165, 1.54) is 23.3 Å². The standard InChI is InChI=1S/C32H34ClF3N4O2/c33-25-8-9-30(41)23(14-25)19-37-26-18-29(40(20-26)28-15-21-4-1-2-5-22(21)16-28)31(42)39-12-10-38(11-13-39)27-7-3-6-24(17-27)32(34,35)36/h1-9,14,17,26,28-29,37,41H,10-13,15-16,18-20H2/t26-,29-/m0/s1. The van der Waals surface area contributed by atoms with Gasteiger partial charge in [-0.2, -0.15) is 13.2 Å². The molecule has 6 nitrogen and oxygen atoms in total. The molecule has 3 aliphatic rings. The molecule has 1 aliphatic carbocycles. The van der Waals surface area contributed by atoms with Crippen molar-refractivity contribution in [3.8, 4) is 5.75 Å². The molecule has 2 aliphatic heterocycles. The molecule has 0 aromatic heterocycles. The first-order valence-corrected chi connectivity index (χ1v) is 14.8. The van der Waals surface area contributed by atoms with Crippen LogP contribution in [0.15, 0.2) is 66.7 Å². The number of aromatic hydroxyl groups is 1. The number of piperazine rings is 1. The SMILES string of the molecule is O=C([C@@H]1C[C@H](NCc2cc(Cl)ccc2O)CN1C1Cc2ccccc2C1)N1CCN(c2cccc(C(F)(F)F)c2)CC1. The largest absolute Gasteiger partial charge is 0.508 e. The fraction of sp³-hybridized carbons (Fsp3) is 0.406. The smallest absolute Gasteiger partial charge is 0.416 e. The van der Waals surface area contributed by atoms with Gasteiger partial charge in [-0.15, -0.1) is 0 Å². The van der Waals surface area contributed by atoms with Crippen molar-refractivity contribution in [2.24, 2.45) is 0 Å². The number of carbonyl (C=O) groups is 1. The van der Waals surface area contributed by atoms with E-state index in [0.717, 1.165) is 18.9 Å².